The summed E-state index contributed by atoms with van der Waals surface area (Å²) in [4.78, 5) is 3.09. The molecule has 1 N–H and O–H groups in total. The number of ether oxygens (including phenoxy) is 2. The van der Waals surface area contributed by atoms with E-state index >= 15 is 0 Å². The van der Waals surface area contributed by atoms with Crippen LogP contribution in [0.3, 0.4) is 0 Å². The van der Waals surface area contributed by atoms with Crippen LogP contribution in [-0.4, -0.2) is 31.6 Å². The molecule has 0 bridgehead atoms. The van der Waals surface area contributed by atoms with E-state index in [-0.39, 0.29) is 10.6 Å². The second kappa shape index (κ2) is 6.97. The highest BCUT2D eigenvalue weighted by atomic mass is 32.2. The van der Waals surface area contributed by atoms with E-state index < -0.39 is 16.0 Å². The number of benzene rings is 2. The van der Waals surface area contributed by atoms with Gasteiger partial charge in [0.2, 0.25) is 5.95 Å². The first-order chi connectivity index (χ1) is 13.9. The first kappa shape index (κ1) is 19.1. The fraction of sp³-hybridized carbons (Fsp3) is 0.143. The molecule has 0 unspecified atom stereocenters. The van der Waals surface area contributed by atoms with E-state index in [2.05, 4.69) is 4.98 Å². The Kier molecular flexibility index (Phi) is 4.58. The monoisotopic (exact) mass is 414 g/mol. The van der Waals surface area contributed by atoms with Crippen LogP contribution in [0.2, 0.25) is 0 Å². The summed E-state index contributed by atoms with van der Waals surface area (Å²) in [6.07, 6.45) is 1.64. The number of aryl methyl sites for hydroxylation is 1. The number of halogens is 1. The van der Waals surface area contributed by atoms with Gasteiger partial charge in [0, 0.05) is 23.2 Å². The molecule has 0 saturated heterocycles. The highest BCUT2D eigenvalue weighted by Crippen LogP contribution is 2.38. The second-order valence-corrected chi connectivity index (χ2v) is 8.37. The molecular weight excluding hydrogens is 395 g/mol. The van der Waals surface area contributed by atoms with E-state index in [1.807, 2.05) is 6.92 Å². The molecule has 0 spiro atoms. The maximum atomic E-state index is 14.7. The van der Waals surface area contributed by atoms with Crippen molar-refractivity contribution in [2.75, 3.05) is 14.2 Å². The predicted octanol–water partition coefficient (Wildman–Crippen LogP) is 4.34. The molecule has 0 saturated carbocycles. The number of fused-ring (bicyclic) bond motifs is 1. The molecule has 4 rings (SSSR count). The van der Waals surface area contributed by atoms with Crippen LogP contribution in [0.15, 0.2) is 59.6 Å². The van der Waals surface area contributed by atoms with Gasteiger partial charge in [-0.3, -0.25) is 0 Å². The molecule has 0 aliphatic rings. The van der Waals surface area contributed by atoms with Crippen LogP contribution in [0, 0.1) is 12.9 Å². The summed E-state index contributed by atoms with van der Waals surface area (Å²) in [6.45, 7) is 1.85. The second-order valence-electron chi connectivity index (χ2n) is 6.58. The Morgan fingerprint density at radius 3 is 2.28 bits per heavy atom. The fourth-order valence-corrected chi connectivity index (χ4v) is 4.72. The summed E-state index contributed by atoms with van der Waals surface area (Å²) in [5.41, 5.74) is 2.36. The molecule has 0 aliphatic heterocycles. The van der Waals surface area contributed by atoms with E-state index in [1.54, 1.807) is 30.5 Å². The van der Waals surface area contributed by atoms with Crippen molar-refractivity contribution >= 4 is 20.9 Å². The molecule has 2 aromatic heterocycles. The molecule has 2 heterocycles. The van der Waals surface area contributed by atoms with Gasteiger partial charge in [0.25, 0.3) is 10.0 Å². The lowest BCUT2D eigenvalue weighted by Gasteiger charge is -2.12. The molecule has 0 radical (unpaired) electrons. The van der Waals surface area contributed by atoms with Crippen molar-refractivity contribution in [3.05, 3.63) is 66.2 Å². The molecular formula is C21H19FN2O4S. The van der Waals surface area contributed by atoms with Crippen molar-refractivity contribution in [1.29, 1.82) is 0 Å². The average Bonchev–Trinajstić information content (AvgIpc) is 3.30. The summed E-state index contributed by atoms with van der Waals surface area (Å²) in [7, 11) is -1.08. The third kappa shape index (κ3) is 3.05. The molecule has 0 atom stereocenters. The number of nitrogens with one attached hydrogen (secondary N) is 1. The summed E-state index contributed by atoms with van der Waals surface area (Å²) in [6, 6.07) is 12.4. The number of methoxy groups -OCH3 is 2. The van der Waals surface area contributed by atoms with Crippen LogP contribution in [0.25, 0.3) is 22.2 Å². The van der Waals surface area contributed by atoms with Crippen LogP contribution in [0.1, 0.15) is 5.56 Å². The van der Waals surface area contributed by atoms with Gasteiger partial charge < -0.3 is 14.5 Å². The van der Waals surface area contributed by atoms with Gasteiger partial charge in [-0.1, -0.05) is 17.7 Å². The van der Waals surface area contributed by atoms with Gasteiger partial charge >= 0.3 is 0 Å². The lowest BCUT2D eigenvalue weighted by Crippen LogP contribution is -2.16. The number of H-pyrrole nitrogens is 1. The molecule has 0 aliphatic carbocycles. The number of aromatic amines is 1. The quantitative estimate of drug-likeness (QED) is 0.527. The zero-order valence-electron chi connectivity index (χ0n) is 16.1. The van der Waals surface area contributed by atoms with E-state index in [1.165, 1.54) is 32.4 Å². The lowest BCUT2D eigenvalue weighted by atomic mass is 10.1. The normalized spacial score (nSPS) is 11.7. The topological polar surface area (TPSA) is 73.3 Å². The van der Waals surface area contributed by atoms with Crippen LogP contribution < -0.4 is 9.47 Å². The lowest BCUT2D eigenvalue weighted by molar-refractivity contribution is 0.356. The van der Waals surface area contributed by atoms with Crippen molar-refractivity contribution in [3.63, 3.8) is 0 Å². The standard InChI is InChI=1S/C21H19FN2O4S/c1-13-4-6-14(7-5-13)29(25,26)24-18(8-9-21(24)22)16-12-23-17-11-20(28-3)19(27-2)10-15(16)17/h4-12,23H,1-3H3. The highest BCUT2D eigenvalue weighted by molar-refractivity contribution is 7.90. The van der Waals surface area contributed by atoms with Crippen LogP contribution in [0.5, 0.6) is 11.5 Å². The summed E-state index contributed by atoms with van der Waals surface area (Å²) in [5.74, 6) is 0.151. The first-order valence-corrected chi connectivity index (χ1v) is 10.2. The van der Waals surface area contributed by atoms with Gasteiger partial charge in [0.15, 0.2) is 11.5 Å². The van der Waals surface area contributed by atoms with Gasteiger partial charge in [0.1, 0.15) is 0 Å². The highest BCUT2D eigenvalue weighted by Gasteiger charge is 2.26. The Hall–Kier alpha value is -3.26. The maximum absolute atomic E-state index is 14.7. The number of nitrogens with zero attached hydrogens (tertiary/aromatic N) is 1. The van der Waals surface area contributed by atoms with Gasteiger partial charge in [0.05, 0.1) is 30.3 Å². The van der Waals surface area contributed by atoms with E-state index in [9.17, 15) is 12.8 Å². The Labute approximate surface area is 167 Å². The molecule has 2 aromatic carbocycles. The predicted molar refractivity (Wildman–Crippen MR) is 109 cm³/mol. The Balaban J connectivity index is 1.94. The average molecular weight is 414 g/mol. The van der Waals surface area contributed by atoms with Gasteiger partial charge in [-0.2, -0.15) is 4.39 Å². The number of hydrogen-bond donors (Lipinski definition) is 1. The fourth-order valence-electron chi connectivity index (χ4n) is 3.32. The molecule has 6 nitrogen and oxygen atoms in total. The van der Waals surface area contributed by atoms with E-state index in [0.29, 0.717) is 28.0 Å². The smallest absolute Gasteiger partial charge is 0.270 e. The maximum Gasteiger partial charge on any atom is 0.270 e. The minimum Gasteiger partial charge on any atom is -0.493 e. The zero-order valence-corrected chi connectivity index (χ0v) is 16.9. The van der Waals surface area contributed by atoms with Crippen molar-refractivity contribution in [2.45, 2.75) is 11.8 Å². The largest absolute Gasteiger partial charge is 0.493 e. The number of hydrogen-bond acceptors (Lipinski definition) is 4. The van der Waals surface area contributed by atoms with Crippen molar-refractivity contribution in [3.8, 4) is 22.8 Å². The van der Waals surface area contributed by atoms with Crippen LogP contribution in [-0.2, 0) is 10.0 Å². The van der Waals surface area contributed by atoms with E-state index in [4.69, 9.17) is 9.47 Å². The first-order valence-electron chi connectivity index (χ1n) is 8.80. The third-order valence-electron chi connectivity index (χ3n) is 4.81. The zero-order chi connectivity index (χ0) is 20.8. The van der Waals surface area contributed by atoms with Crippen molar-refractivity contribution in [2.24, 2.45) is 0 Å². The summed E-state index contributed by atoms with van der Waals surface area (Å²) >= 11 is 0. The molecule has 4 aromatic rings. The minimum absolute atomic E-state index is 0.0125. The SMILES string of the molecule is COc1cc2[nH]cc(-c3ccc(F)n3S(=O)(=O)c3ccc(C)cc3)c2cc1OC. The molecule has 0 amide bonds. The third-order valence-corrected chi connectivity index (χ3v) is 6.53. The Bertz CT molecular complexity index is 1300. The number of rotatable bonds is 5. The van der Waals surface area contributed by atoms with Gasteiger partial charge in [-0.15, -0.1) is 0 Å². The molecule has 150 valence electrons. The van der Waals surface area contributed by atoms with Crippen LogP contribution >= 0.6 is 0 Å². The summed E-state index contributed by atoms with van der Waals surface area (Å²) in [5, 5.41) is 0.682. The Morgan fingerprint density at radius 2 is 1.62 bits per heavy atom. The van der Waals surface area contributed by atoms with Gasteiger partial charge in [-0.25, -0.2) is 12.4 Å². The van der Waals surface area contributed by atoms with Gasteiger partial charge in [-0.05, 0) is 37.3 Å². The van der Waals surface area contributed by atoms with Crippen LogP contribution in [0.4, 0.5) is 4.39 Å². The minimum atomic E-state index is -4.13. The molecule has 8 heteroatoms. The summed E-state index contributed by atoms with van der Waals surface area (Å²) < 4.78 is 52.4. The number of aromatic nitrogens is 2. The molecule has 29 heavy (non-hydrogen) atoms. The van der Waals surface area contributed by atoms with Crippen molar-refractivity contribution < 1.29 is 22.3 Å². The Morgan fingerprint density at radius 1 is 0.966 bits per heavy atom. The molecule has 0 fully saturated rings. The van der Waals surface area contributed by atoms with E-state index in [0.717, 1.165) is 15.6 Å². The van der Waals surface area contributed by atoms with Crippen molar-refractivity contribution in [1.82, 2.24) is 8.96 Å².